The topological polar surface area (TPSA) is 64.4 Å². The molecule has 1 aliphatic heterocycles. The van der Waals surface area contributed by atoms with E-state index < -0.39 is 0 Å². The molecular formula is C15H29ClN2O2. The molecule has 5 heteroatoms. The number of nitrogens with one attached hydrogen (secondary N) is 1. The average Bonchev–Trinajstić information content (AvgIpc) is 2.46. The number of halogens is 1. The molecule has 4 nitrogen and oxygen atoms in total. The van der Waals surface area contributed by atoms with E-state index in [9.17, 15) is 4.79 Å². The zero-order chi connectivity index (χ0) is 13.7. The molecule has 3 N–H and O–H groups in total. The van der Waals surface area contributed by atoms with Crippen molar-refractivity contribution in [2.45, 2.75) is 51.5 Å². The van der Waals surface area contributed by atoms with E-state index in [2.05, 4.69) is 12.2 Å². The van der Waals surface area contributed by atoms with Gasteiger partial charge in [0.15, 0.2) is 0 Å². The van der Waals surface area contributed by atoms with E-state index in [1.54, 1.807) is 0 Å². The maximum absolute atomic E-state index is 12.1. The van der Waals surface area contributed by atoms with Gasteiger partial charge in [0.05, 0.1) is 6.04 Å². The second kappa shape index (κ2) is 8.85. The first-order chi connectivity index (χ1) is 9.18. The number of amides is 1. The molecule has 0 aromatic rings. The third-order valence-corrected chi connectivity index (χ3v) is 4.90. The number of rotatable bonds is 4. The zero-order valence-electron chi connectivity index (χ0n) is 12.5. The van der Waals surface area contributed by atoms with Crippen molar-refractivity contribution in [3.63, 3.8) is 0 Å². The van der Waals surface area contributed by atoms with Gasteiger partial charge in [0.2, 0.25) is 5.91 Å². The standard InChI is InChI=1S/C15H28N2O2.ClH/c1-11-4-2-3-5-13(11)10-17-15(18)14(16)12-6-8-19-9-7-12;/h11-14H,2-10,16H2,1H3,(H,17,18);1H. The summed E-state index contributed by atoms with van der Waals surface area (Å²) in [6, 6.07) is -0.359. The Bertz CT molecular complexity index is 296. The first-order valence-electron chi connectivity index (χ1n) is 7.79. The summed E-state index contributed by atoms with van der Waals surface area (Å²) >= 11 is 0. The average molecular weight is 305 g/mol. The van der Waals surface area contributed by atoms with E-state index in [4.69, 9.17) is 10.5 Å². The Morgan fingerprint density at radius 2 is 1.90 bits per heavy atom. The summed E-state index contributed by atoms with van der Waals surface area (Å²) in [6.07, 6.45) is 7.01. The highest BCUT2D eigenvalue weighted by Gasteiger charge is 2.28. The molecule has 20 heavy (non-hydrogen) atoms. The predicted molar refractivity (Wildman–Crippen MR) is 82.9 cm³/mol. The van der Waals surface area contributed by atoms with E-state index in [0.717, 1.165) is 38.5 Å². The molecule has 1 amide bonds. The van der Waals surface area contributed by atoms with E-state index in [1.807, 2.05) is 0 Å². The molecule has 3 unspecified atom stereocenters. The first-order valence-corrected chi connectivity index (χ1v) is 7.79. The van der Waals surface area contributed by atoms with Crippen LogP contribution in [0.4, 0.5) is 0 Å². The quantitative estimate of drug-likeness (QED) is 0.836. The van der Waals surface area contributed by atoms with Gasteiger partial charge in [0, 0.05) is 19.8 Å². The van der Waals surface area contributed by atoms with E-state index >= 15 is 0 Å². The highest BCUT2D eigenvalue weighted by molar-refractivity contribution is 5.85. The Labute approximate surface area is 128 Å². The Morgan fingerprint density at radius 1 is 1.25 bits per heavy atom. The van der Waals surface area contributed by atoms with E-state index in [-0.39, 0.29) is 30.3 Å². The Balaban J connectivity index is 0.00000200. The van der Waals surface area contributed by atoms with Crippen LogP contribution in [0, 0.1) is 17.8 Å². The second-order valence-electron chi connectivity index (χ2n) is 6.24. The molecule has 0 spiro atoms. The Hall–Kier alpha value is -0.320. The number of ether oxygens (including phenoxy) is 1. The van der Waals surface area contributed by atoms with Crippen LogP contribution in [0.5, 0.6) is 0 Å². The van der Waals surface area contributed by atoms with Gasteiger partial charge in [0.1, 0.15) is 0 Å². The third kappa shape index (κ3) is 4.90. The van der Waals surface area contributed by atoms with Gasteiger partial charge >= 0.3 is 0 Å². The van der Waals surface area contributed by atoms with E-state index in [0.29, 0.717) is 5.92 Å². The molecule has 2 aliphatic rings. The minimum absolute atomic E-state index is 0. The van der Waals surface area contributed by atoms with Crippen molar-refractivity contribution in [1.82, 2.24) is 5.32 Å². The Morgan fingerprint density at radius 3 is 2.55 bits per heavy atom. The highest BCUT2D eigenvalue weighted by Crippen LogP contribution is 2.29. The lowest BCUT2D eigenvalue weighted by Crippen LogP contribution is -2.48. The van der Waals surface area contributed by atoms with Gasteiger partial charge in [-0.15, -0.1) is 12.4 Å². The van der Waals surface area contributed by atoms with Crippen molar-refractivity contribution in [3.05, 3.63) is 0 Å². The SMILES string of the molecule is CC1CCCCC1CNC(=O)C(N)C1CCOCC1.Cl. The minimum atomic E-state index is -0.359. The summed E-state index contributed by atoms with van der Waals surface area (Å²) in [4.78, 5) is 12.1. The summed E-state index contributed by atoms with van der Waals surface area (Å²) < 4.78 is 5.31. The fraction of sp³-hybridized carbons (Fsp3) is 0.933. The number of hydrogen-bond acceptors (Lipinski definition) is 3. The third-order valence-electron chi connectivity index (χ3n) is 4.90. The maximum atomic E-state index is 12.1. The normalized spacial score (nSPS) is 29.3. The molecule has 1 heterocycles. The highest BCUT2D eigenvalue weighted by atomic mass is 35.5. The van der Waals surface area contributed by atoms with Crippen LogP contribution in [0.3, 0.4) is 0 Å². The molecule has 1 saturated carbocycles. The van der Waals surface area contributed by atoms with Gasteiger partial charge in [0.25, 0.3) is 0 Å². The van der Waals surface area contributed by atoms with Crippen LogP contribution < -0.4 is 11.1 Å². The van der Waals surface area contributed by atoms with Gasteiger partial charge in [-0.05, 0) is 37.0 Å². The van der Waals surface area contributed by atoms with Crippen LogP contribution in [-0.2, 0) is 9.53 Å². The lowest BCUT2D eigenvalue weighted by Gasteiger charge is -2.30. The Kier molecular flexibility index (Phi) is 7.85. The second-order valence-corrected chi connectivity index (χ2v) is 6.24. The van der Waals surface area contributed by atoms with E-state index in [1.165, 1.54) is 25.7 Å². The van der Waals surface area contributed by atoms with Crippen LogP contribution in [0.2, 0.25) is 0 Å². The van der Waals surface area contributed by atoms with Crippen molar-refractivity contribution in [1.29, 1.82) is 0 Å². The smallest absolute Gasteiger partial charge is 0.237 e. The van der Waals surface area contributed by atoms with Crippen molar-refractivity contribution in [2.75, 3.05) is 19.8 Å². The van der Waals surface area contributed by atoms with Gasteiger partial charge in [-0.2, -0.15) is 0 Å². The number of carbonyl (C=O) groups excluding carboxylic acids is 1. The fourth-order valence-electron chi connectivity index (χ4n) is 3.33. The van der Waals surface area contributed by atoms with Crippen LogP contribution in [0.1, 0.15) is 45.4 Å². The molecule has 2 fully saturated rings. The van der Waals surface area contributed by atoms with Gasteiger partial charge in [-0.3, -0.25) is 4.79 Å². The molecule has 2 rings (SSSR count). The summed E-state index contributed by atoms with van der Waals surface area (Å²) in [5, 5.41) is 3.08. The molecule has 0 radical (unpaired) electrons. The van der Waals surface area contributed by atoms with Crippen molar-refractivity contribution in [3.8, 4) is 0 Å². The van der Waals surface area contributed by atoms with Crippen LogP contribution in [0.25, 0.3) is 0 Å². The fourth-order valence-corrected chi connectivity index (χ4v) is 3.33. The zero-order valence-corrected chi connectivity index (χ0v) is 13.3. The molecule has 118 valence electrons. The molecule has 0 aromatic carbocycles. The molecular weight excluding hydrogens is 276 g/mol. The van der Waals surface area contributed by atoms with Gasteiger partial charge in [-0.1, -0.05) is 26.2 Å². The monoisotopic (exact) mass is 304 g/mol. The molecule has 1 aliphatic carbocycles. The van der Waals surface area contributed by atoms with Gasteiger partial charge in [-0.25, -0.2) is 0 Å². The summed E-state index contributed by atoms with van der Waals surface area (Å²) in [6.45, 7) is 4.59. The van der Waals surface area contributed by atoms with Crippen LogP contribution in [-0.4, -0.2) is 31.7 Å². The lowest BCUT2D eigenvalue weighted by atomic mass is 9.80. The summed E-state index contributed by atoms with van der Waals surface area (Å²) in [5.74, 6) is 1.69. The largest absolute Gasteiger partial charge is 0.381 e. The van der Waals surface area contributed by atoms with Crippen molar-refractivity contribution in [2.24, 2.45) is 23.5 Å². The lowest BCUT2D eigenvalue weighted by molar-refractivity contribution is -0.124. The van der Waals surface area contributed by atoms with Gasteiger partial charge < -0.3 is 15.8 Å². The predicted octanol–water partition coefficient (Wildman–Crippen LogP) is 2.10. The first kappa shape index (κ1) is 17.7. The number of hydrogen-bond donors (Lipinski definition) is 2. The molecule has 1 saturated heterocycles. The maximum Gasteiger partial charge on any atom is 0.237 e. The number of nitrogens with two attached hydrogens (primary N) is 1. The molecule has 3 atom stereocenters. The van der Waals surface area contributed by atoms with Crippen molar-refractivity contribution >= 4 is 18.3 Å². The van der Waals surface area contributed by atoms with Crippen LogP contribution >= 0.6 is 12.4 Å². The minimum Gasteiger partial charge on any atom is -0.381 e. The van der Waals surface area contributed by atoms with Crippen LogP contribution in [0.15, 0.2) is 0 Å². The summed E-state index contributed by atoms with van der Waals surface area (Å²) in [7, 11) is 0. The molecule has 0 bridgehead atoms. The number of carbonyl (C=O) groups is 1. The summed E-state index contributed by atoms with van der Waals surface area (Å²) in [5.41, 5.74) is 6.07. The van der Waals surface area contributed by atoms with Crippen molar-refractivity contribution < 1.29 is 9.53 Å². The molecule has 0 aromatic heterocycles.